The quantitative estimate of drug-likeness (QED) is 0.492. The predicted molar refractivity (Wildman–Crippen MR) is 85.5 cm³/mol. The summed E-state index contributed by atoms with van der Waals surface area (Å²) >= 11 is 0. The molecule has 0 amide bonds. The molecule has 0 unspecified atom stereocenters. The summed E-state index contributed by atoms with van der Waals surface area (Å²) in [7, 11) is 0. The average molecular weight is 294 g/mol. The maximum absolute atomic E-state index is 12.4. The van der Waals surface area contributed by atoms with Crippen LogP contribution in [0.15, 0.2) is 36.4 Å². The van der Waals surface area contributed by atoms with Crippen molar-refractivity contribution in [1.29, 1.82) is 0 Å². The number of carbonyl (C=O) groups is 3. The second-order valence-corrected chi connectivity index (χ2v) is 5.62. The van der Waals surface area contributed by atoms with Gasteiger partial charge in [-0.1, -0.05) is 35.4 Å². The molecule has 22 heavy (non-hydrogen) atoms. The van der Waals surface area contributed by atoms with Crippen molar-refractivity contribution >= 4 is 17.3 Å². The lowest BCUT2D eigenvalue weighted by atomic mass is 9.93. The third kappa shape index (κ3) is 3.03. The van der Waals surface area contributed by atoms with Gasteiger partial charge in [0.1, 0.15) is 0 Å². The van der Waals surface area contributed by atoms with Crippen LogP contribution in [0.4, 0.5) is 0 Å². The summed E-state index contributed by atoms with van der Waals surface area (Å²) in [6.07, 6.45) is 0. The molecule has 3 nitrogen and oxygen atoms in total. The summed E-state index contributed by atoms with van der Waals surface area (Å²) in [4.78, 5) is 37.0. The lowest BCUT2D eigenvalue weighted by molar-refractivity contribution is -0.111. The monoisotopic (exact) mass is 294 g/mol. The van der Waals surface area contributed by atoms with E-state index in [-0.39, 0.29) is 0 Å². The minimum absolute atomic E-state index is 0.295. The van der Waals surface area contributed by atoms with Crippen molar-refractivity contribution in [1.82, 2.24) is 0 Å². The lowest BCUT2D eigenvalue weighted by Gasteiger charge is -2.07. The number of hydrogen-bond acceptors (Lipinski definition) is 3. The Kier molecular flexibility index (Phi) is 4.36. The van der Waals surface area contributed by atoms with Gasteiger partial charge < -0.3 is 0 Å². The van der Waals surface area contributed by atoms with Gasteiger partial charge >= 0.3 is 0 Å². The number of carbonyl (C=O) groups excluding carboxylic acids is 3. The summed E-state index contributed by atoms with van der Waals surface area (Å²) in [5, 5.41) is 0. The van der Waals surface area contributed by atoms with Crippen LogP contribution in [0.2, 0.25) is 0 Å². The molecule has 0 bridgehead atoms. The van der Waals surface area contributed by atoms with Crippen LogP contribution in [0, 0.1) is 27.7 Å². The largest absolute Gasteiger partial charge is 0.285 e. The first-order chi connectivity index (χ1) is 10.3. The Balaban J connectivity index is 2.39. The summed E-state index contributed by atoms with van der Waals surface area (Å²) in [6, 6.07) is 10.6. The maximum atomic E-state index is 12.4. The van der Waals surface area contributed by atoms with E-state index < -0.39 is 17.3 Å². The summed E-state index contributed by atoms with van der Waals surface area (Å²) in [5.41, 5.74) is 3.73. The zero-order chi connectivity index (χ0) is 16.4. The molecule has 0 saturated heterocycles. The molecular formula is C19H18O3. The SMILES string of the molecule is Cc1ccc(C)c(C(=O)C(=O)C(=O)c2cc(C)ccc2C)c1. The summed E-state index contributed by atoms with van der Waals surface area (Å²) in [6.45, 7) is 7.19. The molecular weight excluding hydrogens is 276 g/mol. The third-order valence-electron chi connectivity index (χ3n) is 3.69. The molecule has 0 aromatic heterocycles. The van der Waals surface area contributed by atoms with Gasteiger partial charge in [0, 0.05) is 11.1 Å². The van der Waals surface area contributed by atoms with Crippen LogP contribution in [0.1, 0.15) is 43.0 Å². The second-order valence-electron chi connectivity index (χ2n) is 5.62. The van der Waals surface area contributed by atoms with E-state index in [1.54, 1.807) is 38.1 Å². The standard InChI is InChI=1S/C19H18O3/c1-11-5-7-13(3)15(9-11)17(20)19(22)18(21)16-10-12(2)6-8-14(16)4/h5-10H,1-4H3. The molecule has 0 atom stereocenters. The fourth-order valence-corrected chi connectivity index (χ4v) is 2.31. The fourth-order valence-electron chi connectivity index (χ4n) is 2.31. The van der Waals surface area contributed by atoms with Crippen molar-refractivity contribution in [3.8, 4) is 0 Å². The van der Waals surface area contributed by atoms with Crippen molar-refractivity contribution in [2.75, 3.05) is 0 Å². The molecule has 0 saturated carbocycles. The molecule has 0 heterocycles. The zero-order valence-corrected chi connectivity index (χ0v) is 13.2. The number of benzene rings is 2. The van der Waals surface area contributed by atoms with Gasteiger partial charge in [0.05, 0.1) is 0 Å². The molecule has 0 N–H and O–H groups in total. The molecule has 0 aliphatic rings. The second kappa shape index (κ2) is 6.06. The topological polar surface area (TPSA) is 51.2 Å². The van der Waals surface area contributed by atoms with Crippen LogP contribution in [0.3, 0.4) is 0 Å². The molecule has 0 spiro atoms. The van der Waals surface area contributed by atoms with Crippen molar-refractivity contribution in [3.63, 3.8) is 0 Å². The van der Waals surface area contributed by atoms with Gasteiger partial charge in [0.25, 0.3) is 5.78 Å². The van der Waals surface area contributed by atoms with Crippen molar-refractivity contribution < 1.29 is 14.4 Å². The predicted octanol–water partition coefficient (Wildman–Crippen LogP) is 3.55. The lowest BCUT2D eigenvalue weighted by Crippen LogP contribution is -2.25. The van der Waals surface area contributed by atoms with Crippen LogP contribution < -0.4 is 0 Å². The maximum Gasteiger partial charge on any atom is 0.273 e. The van der Waals surface area contributed by atoms with Crippen LogP contribution in [-0.2, 0) is 4.79 Å². The van der Waals surface area contributed by atoms with Crippen molar-refractivity contribution in [2.45, 2.75) is 27.7 Å². The molecule has 0 aliphatic carbocycles. The number of hydrogen-bond donors (Lipinski definition) is 0. The average Bonchev–Trinajstić information content (AvgIpc) is 2.50. The van der Waals surface area contributed by atoms with Crippen LogP contribution in [0.5, 0.6) is 0 Å². The van der Waals surface area contributed by atoms with E-state index in [1.165, 1.54) is 0 Å². The highest BCUT2D eigenvalue weighted by atomic mass is 16.2. The Labute approximate surface area is 130 Å². The first-order valence-corrected chi connectivity index (χ1v) is 7.09. The molecule has 0 fully saturated rings. The Bertz CT molecular complexity index is 720. The van der Waals surface area contributed by atoms with E-state index in [4.69, 9.17) is 0 Å². The highest BCUT2D eigenvalue weighted by molar-refractivity contribution is 6.70. The Morgan fingerprint density at radius 3 is 1.36 bits per heavy atom. The van der Waals surface area contributed by atoms with Gasteiger partial charge in [0.2, 0.25) is 11.6 Å². The smallest absolute Gasteiger partial charge is 0.273 e. The normalized spacial score (nSPS) is 10.4. The molecule has 112 valence electrons. The van der Waals surface area contributed by atoms with Gasteiger partial charge in [-0.3, -0.25) is 14.4 Å². The zero-order valence-electron chi connectivity index (χ0n) is 13.2. The highest BCUT2D eigenvalue weighted by Crippen LogP contribution is 2.16. The van der Waals surface area contributed by atoms with Gasteiger partial charge in [-0.15, -0.1) is 0 Å². The van der Waals surface area contributed by atoms with E-state index in [1.807, 2.05) is 26.0 Å². The number of Topliss-reactive ketones (excluding diaryl/α,β-unsaturated/α-hetero) is 3. The Morgan fingerprint density at radius 2 is 1.00 bits per heavy atom. The van der Waals surface area contributed by atoms with Crippen LogP contribution >= 0.6 is 0 Å². The Hall–Kier alpha value is -2.55. The summed E-state index contributed by atoms with van der Waals surface area (Å²) < 4.78 is 0. The van der Waals surface area contributed by atoms with Crippen LogP contribution in [0.25, 0.3) is 0 Å². The molecule has 0 aliphatic heterocycles. The first kappa shape index (κ1) is 15.8. The van der Waals surface area contributed by atoms with E-state index in [9.17, 15) is 14.4 Å². The van der Waals surface area contributed by atoms with Gasteiger partial charge in [-0.25, -0.2) is 0 Å². The van der Waals surface area contributed by atoms with E-state index in [2.05, 4.69) is 0 Å². The number of ketones is 3. The van der Waals surface area contributed by atoms with Crippen molar-refractivity contribution in [3.05, 3.63) is 69.8 Å². The molecule has 0 radical (unpaired) electrons. The van der Waals surface area contributed by atoms with Gasteiger partial charge in [0.15, 0.2) is 0 Å². The summed E-state index contributed by atoms with van der Waals surface area (Å²) in [5.74, 6) is -2.47. The van der Waals surface area contributed by atoms with E-state index >= 15 is 0 Å². The Morgan fingerprint density at radius 1 is 0.636 bits per heavy atom. The third-order valence-corrected chi connectivity index (χ3v) is 3.69. The van der Waals surface area contributed by atoms with E-state index in [0.717, 1.165) is 11.1 Å². The highest BCUT2D eigenvalue weighted by Gasteiger charge is 2.27. The molecule has 2 rings (SSSR count). The number of aryl methyl sites for hydroxylation is 4. The minimum atomic E-state index is -0.984. The van der Waals surface area contributed by atoms with Crippen molar-refractivity contribution in [2.24, 2.45) is 0 Å². The molecule has 2 aromatic rings. The van der Waals surface area contributed by atoms with Gasteiger partial charge in [-0.2, -0.15) is 0 Å². The van der Waals surface area contributed by atoms with E-state index in [0.29, 0.717) is 22.3 Å². The minimum Gasteiger partial charge on any atom is -0.285 e. The van der Waals surface area contributed by atoms with Gasteiger partial charge in [-0.05, 0) is 51.0 Å². The molecule has 2 aromatic carbocycles. The fraction of sp³-hybridized carbons (Fsp3) is 0.211. The molecule has 3 heteroatoms. The number of rotatable bonds is 4. The van der Waals surface area contributed by atoms with Crippen LogP contribution in [-0.4, -0.2) is 17.3 Å². The first-order valence-electron chi connectivity index (χ1n) is 7.09.